The lowest BCUT2D eigenvalue weighted by Gasteiger charge is -2.32. The number of fused-ring (bicyclic) bond motifs is 1. The van der Waals surface area contributed by atoms with Crippen LogP contribution in [0.2, 0.25) is 0 Å². The Morgan fingerprint density at radius 1 is 1.17 bits per heavy atom. The summed E-state index contributed by atoms with van der Waals surface area (Å²) in [5, 5.41) is 9.95. The Bertz CT molecular complexity index is 1380. The van der Waals surface area contributed by atoms with E-state index in [-0.39, 0.29) is 34.9 Å². The summed E-state index contributed by atoms with van der Waals surface area (Å²) in [6.07, 6.45) is 0.478. The SMILES string of the molecule is CC(C)n1c(=O)c(-c2cc(F)c(NSCCC(F)(F)F)c(F)c2)cc2cnc(N)nc21.CN(C)C1CCCCC1O. The van der Waals surface area contributed by atoms with Gasteiger partial charge in [0.05, 0.1) is 12.5 Å². The first-order valence-corrected chi connectivity index (χ1v) is 14.1. The molecule has 2 aromatic heterocycles. The molecule has 0 aliphatic heterocycles. The number of pyridine rings is 1. The Labute approximate surface area is 239 Å². The second-order valence-corrected chi connectivity index (χ2v) is 11.2. The number of nitrogens with two attached hydrogens (primary N) is 1. The van der Waals surface area contributed by atoms with E-state index in [9.17, 15) is 31.9 Å². The van der Waals surface area contributed by atoms with E-state index < -0.39 is 41.2 Å². The zero-order valence-corrected chi connectivity index (χ0v) is 24.1. The summed E-state index contributed by atoms with van der Waals surface area (Å²) in [7, 11) is 4.08. The number of aliphatic hydroxyl groups excluding tert-OH is 1. The highest BCUT2D eigenvalue weighted by Crippen LogP contribution is 2.30. The molecule has 4 rings (SSSR count). The fourth-order valence-electron chi connectivity index (χ4n) is 4.63. The molecule has 1 saturated carbocycles. The van der Waals surface area contributed by atoms with Crippen LogP contribution in [0.15, 0.2) is 29.2 Å². The average Bonchev–Trinajstić information content (AvgIpc) is 2.87. The number of hydrogen-bond donors (Lipinski definition) is 3. The molecule has 1 aliphatic rings. The van der Waals surface area contributed by atoms with E-state index in [4.69, 9.17) is 5.73 Å². The summed E-state index contributed by atoms with van der Waals surface area (Å²) in [6.45, 7) is 3.49. The zero-order valence-electron chi connectivity index (χ0n) is 23.3. The summed E-state index contributed by atoms with van der Waals surface area (Å²) in [5.74, 6) is -2.53. The standard InChI is InChI=1S/C19H18F5N5OS.C8H17NO/c1-9(2)29-16-11(8-26-18(25)27-16)5-12(17(29)30)10-6-13(20)15(14(21)7-10)28-31-4-3-19(22,23)24;1-9(2)7-5-3-4-6-8(7)10/h5-9,28H,3-4H2,1-2H3,(H2,25,26,27);7-8,10H,3-6H2,1-2H3. The van der Waals surface area contributed by atoms with Crippen LogP contribution in [0.1, 0.15) is 52.0 Å². The molecule has 3 aromatic rings. The summed E-state index contributed by atoms with van der Waals surface area (Å²) in [4.78, 5) is 23.1. The maximum atomic E-state index is 14.5. The molecule has 0 radical (unpaired) electrons. The van der Waals surface area contributed by atoms with Gasteiger partial charge in [0.1, 0.15) is 11.3 Å². The van der Waals surface area contributed by atoms with Crippen molar-refractivity contribution in [3.05, 3.63) is 46.4 Å². The Balaban J connectivity index is 0.000000389. The van der Waals surface area contributed by atoms with Crippen molar-refractivity contribution in [2.45, 2.75) is 70.3 Å². The quantitative estimate of drug-likeness (QED) is 0.178. The molecule has 1 fully saturated rings. The number of nitrogens with zero attached hydrogens (tertiary/aromatic N) is 4. The van der Waals surface area contributed by atoms with Crippen molar-refractivity contribution in [3.8, 4) is 11.1 Å². The molecule has 14 heteroatoms. The third-order valence-corrected chi connectivity index (χ3v) is 7.44. The van der Waals surface area contributed by atoms with Gasteiger partial charge in [-0.2, -0.15) is 18.2 Å². The third-order valence-electron chi connectivity index (χ3n) is 6.68. The highest BCUT2D eigenvalue weighted by molar-refractivity contribution is 8.00. The van der Waals surface area contributed by atoms with Crippen LogP contribution in [0.5, 0.6) is 0 Å². The van der Waals surface area contributed by atoms with E-state index in [2.05, 4.69) is 19.6 Å². The number of nitrogen functional groups attached to an aromatic ring is 1. The molecule has 2 atom stereocenters. The van der Waals surface area contributed by atoms with Gasteiger partial charge in [0.25, 0.3) is 5.56 Å². The second-order valence-electron chi connectivity index (χ2n) is 10.3. The summed E-state index contributed by atoms with van der Waals surface area (Å²) < 4.78 is 69.3. The molecule has 2 heterocycles. The topological polar surface area (TPSA) is 109 Å². The van der Waals surface area contributed by atoms with Crippen molar-refractivity contribution < 1.29 is 27.1 Å². The molecule has 226 valence electrons. The van der Waals surface area contributed by atoms with E-state index in [0.29, 0.717) is 23.4 Å². The number of rotatable bonds is 7. The van der Waals surface area contributed by atoms with E-state index in [1.807, 2.05) is 14.1 Å². The van der Waals surface area contributed by atoms with Gasteiger partial charge in [-0.3, -0.25) is 9.36 Å². The lowest BCUT2D eigenvalue weighted by molar-refractivity contribution is -0.129. The number of aliphatic hydroxyl groups is 1. The van der Waals surface area contributed by atoms with E-state index >= 15 is 0 Å². The molecule has 1 aromatic carbocycles. The van der Waals surface area contributed by atoms with Gasteiger partial charge in [-0.25, -0.2) is 13.8 Å². The van der Waals surface area contributed by atoms with Crippen LogP contribution >= 0.6 is 11.9 Å². The van der Waals surface area contributed by atoms with E-state index in [1.54, 1.807) is 13.8 Å². The van der Waals surface area contributed by atoms with Gasteiger partial charge in [-0.05, 0) is 64.5 Å². The molecule has 8 nitrogen and oxygen atoms in total. The zero-order chi connectivity index (χ0) is 30.5. The van der Waals surface area contributed by atoms with Crippen molar-refractivity contribution in [1.29, 1.82) is 0 Å². The molecule has 0 bridgehead atoms. The van der Waals surface area contributed by atoms with Gasteiger partial charge in [0.2, 0.25) is 5.95 Å². The minimum absolute atomic E-state index is 0.0173. The maximum Gasteiger partial charge on any atom is 0.389 e. The van der Waals surface area contributed by atoms with Crippen molar-refractivity contribution in [1.82, 2.24) is 19.4 Å². The monoisotopic (exact) mass is 602 g/mol. The minimum Gasteiger partial charge on any atom is -0.391 e. The Hall–Kier alpha value is -2.97. The fourth-order valence-corrected chi connectivity index (χ4v) is 5.40. The van der Waals surface area contributed by atoms with Gasteiger partial charge in [-0.15, -0.1) is 0 Å². The number of likely N-dealkylation sites (N-methyl/N-ethyl adjacent to an activating group) is 1. The molecule has 0 spiro atoms. The summed E-state index contributed by atoms with van der Waals surface area (Å²) in [6, 6.07) is 3.39. The van der Waals surface area contributed by atoms with Crippen molar-refractivity contribution in [3.63, 3.8) is 0 Å². The number of nitrogens with one attached hydrogen (secondary N) is 1. The molecule has 0 amide bonds. The smallest absolute Gasteiger partial charge is 0.389 e. The van der Waals surface area contributed by atoms with Crippen LogP contribution in [0, 0.1) is 11.6 Å². The van der Waals surface area contributed by atoms with Gasteiger partial charge in [-0.1, -0.05) is 24.8 Å². The first kappa shape index (κ1) is 32.5. The molecule has 0 saturated heterocycles. The average molecular weight is 603 g/mol. The van der Waals surface area contributed by atoms with Gasteiger partial charge in [0.15, 0.2) is 11.6 Å². The number of hydrogen-bond acceptors (Lipinski definition) is 8. The first-order chi connectivity index (χ1) is 19.2. The second kappa shape index (κ2) is 13.8. The van der Waals surface area contributed by atoms with Crippen molar-refractivity contribution >= 4 is 34.6 Å². The Morgan fingerprint density at radius 3 is 2.34 bits per heavy atom. The molecular formula is C27H35F5N6O2S. The van der Waals surface area contributed by atoms with Crippen LogP contribution in [0.3, 0.4) is 0 Å². The van der Waals surface area contributed by atoms with Crippen LogP contribution in [0.25, 0.3) is 22.2 Å². The van der Waals surface area contributed by atoms with Crippen LogP contribution in [0.4, 0.5) is 33.6 Å². The van der Waals surface area contributed by atoms with Crippen molar-refractivity contribution in [2.24, 2.45) is 0 Å². The number of halogens is 5. The number of benzene rings is 1. The molecule has 4 N–H and O–H groups in total. The highest BCUT2D eigenvalue weighted by Gasteiger charge is 2.27. The number of aromatic nitrogens is 3. The number of alkyl halides is 3. The number of anilines is 2. The molecular weight excluding hydrogens is 567 g/mol. The van der Waals surface area contributed by atoms with Crippen molar-refractivity contribution in [2.75, 3.05) is 30.3 Å². The molecule has 1 aliphatic carbocycles. The lowest BCUT2D eigenvalue weighted by Crippen LogP contribution is -2.41. The van der Waals surface area contributed by atoms with Crippen LogP contribution < -0.4 is 16.0 Å². The largest absolute Gasteiger partial charge is 0.391 e. The van der Waals surface area contributed by atoms with Gasteiger partial charge < -0.3 is 20.5 Å². The van der Waals surface area contributed by atoms with Gasteiger partial charge in [0, 0.05) is 35.0 Å². The maximum absolute atomic E-state index is 14.5. The predicted molar refractivity (Wildman–Crippen MR) is 153 cm³/mol. The summed E-state index contributed by atoms with van der Waals surface area (Å²) in [5.41, 5.74) is 4.78. The van der Waals surface area contributed by atoms with E-state index in [1.165, 1.54) is 29.7 Å². The highest BCUT2D eigenvalue weighted by atomic mass is 32.2. The Kier molecular flexibility index (Phi) is 11.0. The lowest BCUT2D eigenvalue weighted by atomic mass is 9.92. The fraction of sp³-hybridized carbons (Fsp3) is 0.519. The first-order valence-electron chi connectivity index (χ1n) is 13.2. The van der Waals surface area contributed by atoms with Crippen LogP contribution in [-0.4, -0.2) is 62.7 Å². The van der Waals surface area contributed by atoms with E-state index in [0.717, 1.165) is 25.0 Å². The Morgan fingerprint density at radius 2 is 1.80 bits per heavy atom. The normalized spacial score (nSPS) is 17.6. The predicted octanol–water partition coefficient (Wildman–Crippen LogP) is 5.76. The summed E-state index contributed by atoms with van der Waals surface area (Å²) >= 11 is 0.532. The minimum atomic E-state index is -4.36. The van der Waals surface area contributed by atoms with Gasteiger partial charge >= 0.3 is 6.18 Å². The third kappa shape index (κ3) is 8.52. The molecule has 2 unspecified atom stereocenters. The molecule has 41 heavy (non-hydrogen) atoms. The van der Waals surface area contributed by atoms with Crippen LogP contribution in [-0.2, 0) is 0 Å².